The van der Waals surface area contributed by atoms with Crippen molar-refractivity contribution in [2.45, 2.75) is 51.7 Å². The number of aryl methyl sites for hydroxylation is 1. The van der Waals surface area contributed by atoms with E-state index in [2.05, 4.69) is 16.4 Å². The average Bonchev–Trinajstić information content (AvgIpc) is 2.80. The highest BCUT2D eigenvalue weighted by Gasteiger charge is 2.33. The molecule has 1 amide bonds. The standard InChI is InChI=1S/C27H28ClN3O2/c1-18-8-13-25(30-17-18)33-27(3,4)26(32)31-19(2)24(15-20-9-11-23(28)12-10-20)22-7-5-6-21(14-22)16-29/h5-14,17,19,24H,15H2,1-4H3,(H,31,32). The molecule has 3 aromatic rings. The van der Waals surface area contributed by atoms with E-state index in [0.29, 0.717) is 22.9 Å². The Bertz CT molecular complexity index is 1140. The van der Waals surface area contributed by atoms with Gasteiger partial charge in [-0.2, -0.15) is 5.26 Å². The summed E-state index contributed by atoms with van der Waals surface area (Å²) in [7, 11) is 0. The summed E-state index contributed by atoms with van der Waals surface area (Å²) in [5.74, 6) is 0.0967. The van der Waals surface area contributed by atoms with E-state index in [-0.39, 0.29) is 17.9 Å². The van der Waals surface area contributed by atoms with E-state index in [0.717, 1.165) is 16.7 Å². The van der Waals surface area contributed by atoms with Gasteiger partial charge in [0.2, 0.25) is 5.88 Å². The van der Waals surface area contributed by atoms with Crippen molar-refractivity contribution in [3.8, 4) is 11.9 Å². The third kappa shape index (κ3) is 6.57. The Balaban J connectivity index is 1.81. The second-order valence-electron chi connectivity index (χ2n) is 8.72. The summed E-state index contributed by atoms with van der Waals surface area (Å²) in [6.45, 7) is 7.36. The number of amides is 1. The summed E-state index contributed by atoms with van der Waals surface area (Å²) in [5, 5.41) is 13.1. The molecular formula is C27H28ClN3O2. The molecule has 170 valence electrons. The van der Waals surface area contributed by atoms with Gasteiger partial charge in [-0.25, -0.2) is 4.98 Å². The lowest BCUT2D eigenvalue weighted by molar-refractivity contribution is -0.135. The zero-order valence-corrected chi connectivity index (χ0v) is 20.1. The fourth-order valence-corrected chi connectivity index (χ4v) is 3.73. The molecule has 0 aliphatic rings. The van der Waals surface area contributed by atoms with Crippen LogP contribution in [0, 0.1) is 18.3 Å². The molecule has 1 aromatic heterocycles. The van der Waals surface area contributed by atoms with Crippen LogP contribution in [0.5, 0.6) is 5.88 Å². The number of hydrogen-bond donors (Lipinski definition) is 1. The fourth-order valence-electron chi connectivity index (χ4n) is 3.60. The zero-order valence-electron chi connectivity index (χ0n) is 19.3. The van der Waals surface area contributed by atoms with Crippen molar-refractivity contribution < 1.29 is 9.53 Å². The van der Waals surface area contributed by atoms with Crippen LogP contribution in [0.2, 0.25) is 5.02 Å². The van der Waals surface area contributed by atoms with Crippen LogP contribution >= 0.6 is 11.6 Å². The van der Waals surface area contributed by atoms with Crippen molar-refractivity contribution in [1.82, 2.24) is 10.3 Å². The number of pyridine rings is 1. The maximum atomic E-state index is 13.2. The van der Waals surface area contributed by atoms with Gasteiger partial charge in [0.15, 0.2) is 5.60 Å². The van der Waals surface area contributed by atoms with Crippen molar-refractivity contribution in [3.63, 3.8) is 0 Å². The van der Waals surface area contributed by atoms with Gasteiger partial charge in [0.1, 0.15) is 0 Å². The number of carbonyl (C=O) groups excluding carboxylic acids is 1. The number of hydrogen-bond acceptors (Lipinski definition) is 4. The second-order valence-corrected chi connectivity index (χ2v) is 9.16. The van der Waals surface area contributed by atoms with E-state index < -0.39 is 5.60 Å². The third-order valence-electron chi connectivity index (χ3n) is 5.57. The lowest BCUT2D eigenvalue weighted by Gasteiger charge is -2.30. The zero-order chi connectivity index (χ0) is 24.0. The first-order chi connectivity index (χ1) is 15.7. The van der Waals surface area contributed by atoms with Crippen LogP contribution in [-0.4, -0.2) is 22.5 Å². The molecular weight excluding hydrogens is 434 g/mol. The topological polar surface area (TPSA) is 75.0 Å². The molecule has 0 aliphatic carbocycles. The number of carbonyl (C=O) groups is 1. The first kappa shape index (κ1) is 24.3. The quantitative estimate of drug-likeness (QED) is 0.473. The molecule has 6 heteroatoms. The van der Waals surface area contributed by atoms with E-state index in [4.69, 9.17) is 16.3 Å². The average molecular weight is 462 g/mol. The molecule has 0 radical (unpaired) electrons. The minimum absolute atomic E-state index is 0.0586. The van der Waals surface area contributed by atoms with Gasteiger partial charge in [-0.05, 0) is 75.1 Å². The van der Waals surface area contributed by atoms with E-state index in [9.17, 15) is 10.1 Å². The van der Waals surface area contributed by atoms with Crippen molar-refractivity contribution in [1.29, 1.82) is 5.26 Å². The molecule has 0 bridgehead atoms. The summed E-state index contributed by atoms with van der Waals surface area (Å²) < 4.78 is 5.89. The highest BCUT2D eigenvalue weighted by molar-refractivity contribution is 6.30. The highest BCUT2D eigenvalue weighted by atomic mass is 35.5. The first-order valence-corrected chi connectivity index (χ1v) is 11.2. The summed E-state index contributed by atoms with van der Waals surface area (Å²) in [6, 6.07) is 20.8. The normalized spacial score (nSPS) is 13.0. The number of rotatable bonds is 8. The lowest BCUT2D eigenvalue weighted by Crippen LogP contribution is -2.51. The van der Waals surface area contributed by atoms with Crippen LogP contribution in [0.1, 0.15) is 48.9 Å². The van der Waals surface area contributed by atoms with E-state index in [1.54, 1.807) is 32.2 Å². The van der Waals surface area contributed by atoms with Crippen LogP contribution in [0.3, 0.4) is 0 Å². The molecule has 3 rings (SSSR count). The third-order valence-corrected chi connectivity index (χ3v) is 5.82. The molecule has 0 spiro atoms. The summed E-state index contributed by atoms with van der Waals surface area (Å²) in [6.07, 6.45) is 2.38. The van der Waals surface area contributed by atoms with Gasteiger partial charge < -0.3 is 10.1 Å². The predicted octanol–water partition coefficient (Wildman–Crippen LogP) is 5.60. The molecule has 2 unspecified atom stereocenters. The van der Waals surface area contributed by atoms with Crippen LogP contribution in [0.25, 0.3) is 0 Å². The lowest BCUT2D eigenvalue weighted by atomic mass is 9.85. The second kappa shape index (κ2) is 10.5. The molecule has 2 atom stereocenters. The Kier molecular flexibility index (Phi) is 7.73. The number of nitrogens with one attached hydrogen (secondary N) is 1. The molecule has 0 saturated carbocycles. The SMILES string of the molecule is Cc1ccc(OC(C)(C)C(=O)NC(C)C(Cc2ccc(Cl)cc2)c2cccc(C#N)c2)nc1. The van der Waals surface area contributed by atoms with Crippen LogP contribution in [-0.2, 0) is 11.2 Å². The van der Waals surface area contributed by atoms with E-state index in [1.807, 2.05) is 62.4 Å². The maximum Gasteiger partial charge on any atom is 0.263 e. The predicted molar refractivity (Wildman–Crippen MR) is 130 cm³/mol. The van der Waals surface area contributed by atoms with Gasteiger partial charge in [-0.15, -0.1) is 0 Å². The Hall–Kier alpha value is -3.36. The van der Waals surface area contributed by atoms with Crippen molar-refractivity contribution in [3.05, 3.63) is 94.1 Å². The molecule has 0 saturated heterocycles. The van der Waals surface area contributed by atoms with Crippen LogP contribution in [0.4, 0.5) is 0 Å². The Morgan fingerprint density at radius 3 is 2.55 bits per heavy atom. The van der Waals surface area contributed by atoms with Gasteiger partial charge in [-0.3, -0.25) is 4.79 Å². The highest BCUT2D eigenvalue weighted by Crippen LogP contribution is 2.27. The summed E-state index contributed by atoms with van der Waals surface area (Å²) in [4.78, 5) is 17.4. The van der Waals surface area contributed by atoms with Gasteiger partial charge in [0.25, 0.3) is 5.91 Å². The molecule has 0 aliphatic heterocycles. The summed E-state index contributed by atoms with van der Waals surface area (Å²) in [5.41, 5.74) is 2.56. The number of halogens is 1. The monoisotopic (exact) mass is 461 g/mol. The van der Waals surface area contributed by atoms with Gasteiger partial charge in [-0.1, -0.05) is 41.9 Å². The molecule has 33 heavy (non-hydrogen) atoms. The first-order valence-electron chi connectivity index (χ1n) is 10.8. The number of benzene rings is 2. The minimum atomic E-state index is -1.12. The maximum absolute atomic E-state index is 13.2. The summed E-state index contributed by atoms with van der Waals surface area (Å²) >= 11 is 6.05. The molecule has 1 heterocycles. The van der Waals surface area contributed by atoms with Crippen molar-refractivity contribution in [2.75, 3.05) is 0 Å². The van der Waals surface area contributed by atoms with Gasteiger partial charge >= 0.3 is 0 Å². The van der Waals surface area contributed by atoms with Gasteiger partial charge in [0.05, 0.1) is 11.6 Å². The van der Waals surface area contributed by atoms with Crippen LogP contribution < -0.4 is 10.1 Å². The van der Waals surface area contributed by atoms with E-state index in [1.165, 1.54) is 0 Å². The molecule has 0 fully saturated rings. The molecule has 1 N–H and O–H groups in total. The Morgan fingerprint density at radius 1 is 1.18 bits per heavy atom. The Morgan fingerprint density at radius 2 is 1.91 bits per heavy atom. The Labute approximate surface area is 200 Å². The number of nitriles is 1. The van der Waals surface area contributed by atoms with Crippen molar-refractivity contribution in [2.24, 2.45) is 0 Å². The molecule has 2 aromatic carbocycles. The van der Waals surface area contributed by atoms with Crippen LogP contribution in [0.15, 0.2) is 66.9 Å². The van der Waals surface area contributed by atoms with Gasteiger partial charge in [0, 0.05) is 29.2 Å². The molecule has 5 nitrogen and oxygen atoms in total. The largest absolute Gasteiger partial charge is 0.462 e. The minimum Gasteiger partial charge on any atom is -0.462 e. The smallest absolute Gasteiger partial charge is 0.263 e. The number of nitrogens with zero attached hydrogens (tertiary/aromatic N) is 2. The fraction of sp³-hybridized carbons (Fsp3) is 0.296. The van der Waals surface area contributed by atoms with Crippen molar-refractivity contribution >= 4 is 17.5 Å². The number of ether oxygens (including phenoxy) is 1. The number of aromatic nitrogens is 1. The van der Waals surface area contributed by atoms with E-state index >= 15 is 0 Å².